The number of hydrogen-bond donors (Lipinski definition) is 0. The standard InChI is InChI=1S/C3H13NSi2/c1-4(5)6(2)3/h6H,1-3,5H3. The molecule has 0 unspecified atom stereocenters. The molecule has 0 amide bonds. The van der Waals surface area contributed by atoms with Gasteiger partial charge in [0.25, 0.3) is 0 Å². The third-order valence-electron chi connectivity index (χ3n) is 1.03. The van der Waals surface area contributed by atoms with Gasteiger partial charge in [-0.3, -0.25) is 0 Å². The second-order valence-electron chi connectivity index (χ2n) is 2.06. The predicted molar refractivity (Wildman–Crippen MR) is 36.6 cm³/mol. The Morgan fingerprint density at radius 1 is 1.50 bits per heavy atom. The van der Waals surface area contributed by atoms with Gasteiger partial charge in [-0.25, -0.2) is 0 Å². The molecule has 0 rings (SSSR count). The average molecular weight is 119 g/mol. The first-order valence-corrected chi connectivity index (χ1v) is 6.03. The molecular formula is C3H13NSi2. The highest BCUT2D eigenvalue weighted by Gasteiger charge is 1.92. The molecule has 0 aliphatic heterocycles. The van der Waals surface area contributed by atoms with E-state index in [1.165, 1.54) is 10.4 Å². The maximum absolute atomic E-state index is 2.44. The summed E-state index contributed by atoms with van der Waals surface area (Å²) >= 11 is 0. The van der Waals surface area contributed by atoms with Crippen molar-refractivity contribution in [3.63, 3.8) is 0 Å². The fourth-order valence-electron chi connectivity index (χ4n) is 0. The van der Waals surface area contributed by atoms with Crippen LogP contribution in [0.5, 0.6) is 0 Å². The van der Waals surface area contributed by atoms with Crippen molar-refractivity contribution >= 4 is 19.4 Å². The first-order valence-electron chi connectivity index (χ1n) is 2.31. The minimum Gasteiger partial charge on any atom is -0.358 e. The summed E-state index contributed by atoms with van der Waals surface area (Å²) < 4.78 is 2.44. The van der Waals surface area contributed by atoms with Gasteiger partial charge >= 0.3 is 0 Å². The Bertz CT molecular complexity index is 29.8. The van der Waals surface area contributed by atoms with E-state index in [0.717, 1.165) is 0 Å². The molecule has 0 aromatic heterocycles. The second kappa shape index (κ2) is 2.55. The first kappa shape index (κ1) is 6.39. The van der Waals surface area contributed by atoms with E-state index in [9.17, 15) is 0 Å². The maximum Gasteiger partial charge on any atom is 0.0974 e. The van der Waals surface area contributed by atoms with Crippen molar-refractivity contribution in [1.29, 1.82) is 0 Å². The van der Waals surface area contributed by atoms with Gasteiger partial charge in [-0.15, -0.1) is 0 Å². The molecule has 0 atom stereocenters. The van der Waals surface area contributed by atoms with Crippen molar-refractivity contribution in [3.05, 3.63) is 0 Å². The zero-order chi connectivity index (χ0) is 5.15. The van der Waals surface area contributed by atoms with Gasteiger partial charge in [0.15, 0.2) is 0 Å². The Morgan fingerprint density at radius 2 is 1.67 bits per heavy atom. The van der Waals surface area contributed by atoms with Crippen LogP contribution in [-0.4, -0.2) is 30.6 Å². The molecule has 3 heteroatoms. The SMILES string of the molecule is CN([SiH3])[SiH](C)C. The zero-order valence-corrected chi connectivity index (χ0v) is 8.18. The topological polar surface area (TPSA) is 3.24 Å². The van der Waals surface area contributed by atoms with Crippen molar-refractivity contribution in [2.75, 3.05) is 7.05 Å². The van der Waals surface area contributed by atoms with Crippen molar-refractivity contribution in [2.45, 2.75) is 13.1 Å². The molecule has 0 aromatic carbocycles. The summed E-state index contributed by atoms with van der Waals surface area (Å²) in [5, 5.41) is 0. The van der Waals surface area contributed by atoms with Crippen molar-refractivity contribution in [3.8, 4) is 0 Å². The highest BCUT2D eigenvalue weighted by atomic mass is 28.3. The van der Waals surface area contributed by atoms with Gasteiger partial charge in [0.1, 0.15) is 0 Å². The summed E-state index contributed by atoms with van der Waals surface area (Å²) in [7, 11) is 3.10. The van der Waals surface area contributed by atoms with Gasteiger partial charge in [0.2, 0.25) is 0 Å². The molecule has 0 aromatic rings. The molecule has 0 aliphatic carbocycles. The van der Waals surface area contributed by atoms with E-state index in [0.29, 0.717) is 0 Å². The molecule has 0 fully saturated rings. The number of nitrogens with zero attached hydrogens (tertiary/aromatic N) is 1. The van der Waals surface area contributed by atoms with Crippen LogP contribution in [0.3, 0.4) is 0 Å². The summed E-state index contributed by atoms with van der Waals surface area (Å²) in [4.78, 5) is 0. The van der Waals surface area contributed by atoms with Crippen LogP contribution in [0.4, 0.5) is 0 Å². The molecule has 0 aliphatic rings. The van der Waals surface area contributed by atoms with E-state index in [4.69, 9.17) is 0 Å². The fraction of sp³-hybridized carbons (Fsp3) is 1.00. The summed E-state index contributed by atoms with van der Waals surface area (Å²) in [6.07, 6.45) is 0. The van der Waals surface area contributed by atoms with E-state index in [-0.39, 0.29) is 8.96 Å². The fourth-order valence-corrected chi connectivity index (χ4v) is 0. The van der Waals surface area contributed by atoms with Gasteiger partial charge in [-0.1, -0.05) is 13.1 Å². The lowest BCUT2D eigenvalue weighted by molar-refractivity contribution is 0.849. The maximum atomic E-state index is 2.44. The van der Waals surface area contributed by atoms with E-state index in [2.05, 4.69) is 24.4 Å². The van der Waals surface area contributed by atoms with Gasteiger partial charge in [-0.2, -0.15) is 0 Å². The quantitative estimate of drug-likeness (QED) is 0.408. The van der Waals surface area contributed by atoms with Crippen LogP contribution in [0.25, 0.3) is 0 Å². The Morgan fingerprint density at radius 3 is 1.67 bits per heavy atom. The Balaban J connectivity index is 2.99. The van der Waals surface area contributed by atoms with Crippen LogP contribution >= 0.6 is 0 Å². The minimum atomic E-state index is -0.349. The lowest BCUT2D eigenvalue weighted by atomic mass is 11.6. The number of hydrogen-bond acceptors (Lipinski definition) is 1. The van der Waals surface area contributed by atoms with Crippen molar-refractivity contribution in [2.24, 2.45) is 0 Å². The second-order valence-corrected chi connectivity index (χ2v) is 7.72. The molecule has 6 heavy (non-hydrogen) atoms. The molecule has 0 saturated carbocycles. The lowest BCUT2D eigenvalue weighted by Crippen LogP contribution is -2.26. The molecule has 0 saturated heterocycles. The summed E-state index contributed by atoms with van der Waals surface area (Å²) in [5.74, 6) is 0. The molecule has 0 spiro atoms. The average Bonchev–Trinajstić information content (AvgIpc) is 1.36. The normalized spacial score (nSPS) is 11.5. The highest BCUT2D eigenvalue weighted by molar-refractivity contribution is 6.58. The lowest BCUT2D eigenvalue weighted by Gasteiger charge is -2.11. The molecular weight excluding hydrogens is 106 g/mol. The Hall–Kier alpha value is 0.394. The minimum absolute atomic E-state index is 0.349. The summed E-state index contributed by atoms with van der Waals surface area (Å²) in [6.45, 7) is 4.68. The van der Waals surface area contributed by atoms with Crippen LogP contribution in [0.2, 0.25) is 13.1 Å². The highest BCUT2D eigenvalue weighted by Crippen LogP contribution is 1.78. The van der Waals surface area contributed by atoms with Crippen molar-refractivity contribution < 1.29 is 0 Å². The molecule has 0 bridgehead atoms. The third kappa shape index (κ3) is 2.62. The van der Waals surface area contributed by atoms with Gasteiger partial charge in [0.05, 0.1) is 19.4 Å². The zero-order valence-electron chi connectivity index (χ0n) is 5.02. The first-order chi connectivity index (χ1) is 2.64. The monoisotopic (exact) mass is 119 g/mol. The Labute approximate surface area is 44.5 Å². The van der Waals surface area contributed by atoms with Gasteiger partial charge in [-0.05, 0) is 7.05 Å². The molecule has 0 radical (unpaired) electrons. The van der Waals surface area contributed by atoms with E-state index >= 15 is 0 Å². The van der Waals surface area contributed by atoms with Crippen LogP contribution in [0, 0.1) is 0 Å². The largest absolute Gasteiger partial charge is 0.358 e. The molecule has 38 valence electrons. The smallest absolute Gasteiger partial charge is 0.0974 e. The molecule has 1 nitrogen and oxygen atoms in total. The van der Waals surface area contributed by atoms with Crippen LogP contribution in [0.15, 0.2) is 0 Å². The molecule has 0 N–H and O–H groups in total. The van der Waals surface area contributed by atoms with Crippen LogP contribution in [-0.2, 0) is 0 Å². The van der Waals surface area contributed by atoms with E-state index in [1.807, 2.05) is 0 Å². The summed E-state index contributed by atoms with van der Waals surface area (Å²) in [5.41, 5.74) is 0. The van der Waals surface area contributed by atoms with Crippen molar-refractivity contribution in [1.82, 2.24) is 4.23 Å². The van der Waals surface area contributed by atoms with Crippen LogP contribution in [0.1, 0.15) is 0 Å². The van der Waals surface area contributed by atoms with E-state index in [1.54, 1.807) is 0 Å². The number of rotatable bonds is 1. The predicted octanol–water partition coefficient (Wildman–Crippen LogP) is -0.818. The van der Waals surface area contributed by atoms with Gasteiger partial charge < -0.3 is 4.23 Å². The van der Waals surface area contributed by atoms with E-state index < -0.39 is 0 Å². The third-order valence-corrected chi connectivity index (χ3v) is 6.20. The molecule has 0 heterocycles. The van der Waals surface area contributed by atoms with Crippen LogP contribution < -0.4 is 0 Å². The Kier molecular flexibility index (Phi) is 2.71. The van der Waals surface area contributed by atoms with Gasteiger partial charge in [0, 0.05) is 0 Å². The summed E-state index contributed by atoms with van der Waals surface area (Å²) in [6, 6.07) is 0.